The lowest BCUT2D eigenvalue weighted by molar-refractivity contribution is 0.0763. The second-order valence-electron chi connectivity index (χ2n) is 3.45. The predicted molar refractivity (Wildman–Crippen MR) is 58.3 cm³/mol. The molecule has 0 aromatic heterocycles. The fourth-order valence-corrected chi connectivity index (χ4v) is 1.78. The van der Waals surface area contributed by atoms with E-state index in [0.29, 0.717) is 13.0 Å². The topological polar surface area (TPSA) is 55.4 Å². The Hall–Kier alpha value is -0.130. The smallest absolute Gasteiger partial charge is 0.147 e. The molecule has 1 atom stereocenters. The molecule has 0 aliphatic rings. The van der Waals surface area contributed by atoms with Crippen molar-refractivity contribution in [2.24, 2.45) is 0 Å². The molecule has 0 aliphatic carbocycles. The average molecular weight is 223 g/mol. The molecule has 5 heteroatoms. The summed E-state index contributed by atoms with van der Waals surface area (Å²) < 4.78 is 26.9. The first-order valence-electron chi connectivity index (χ1n) is 4.95. The highest BCUT2D eigenvalue weighted by Crippen LogP contribution is 1.89. The number of nitrogens with one attached hydrogen (secondary N) is 1. The van der Waals surface area contributed by atoms with E-state index in [0.717, 1.165) is 13.1 Å². The zero-order valence-corrected chi connectivity index (χ0v) is 10.1. The van der Waals surface area contributed by atoms with Gasteiger partial charge in [0.05, 0.1) is 11.9 Å². The molecule has 0 heterocycles. The maximum absolute atomic E-state index is 10.8. The van der Waals surface area contributed by atoms with Crippen LogP contribution in [0.25, 0.3) is 0 Å². The fraction of sp³-hybridized carbons (Fsp3) is 1.00. The van der Waals surface area contributed by atoms with Crippen molar-refractivity contribution in [3.8, 4) is 0 Å². The first-order valence-corrected chi connectivity index (χ1v) is 7.01. The molecule has 0 saturated carbocycles. The lowest BCUT2D eigenvalue weighted by Gasteiger charge is -2.12. The Morgan fingerprint density at radius 1 is 1.43 bits per heavy atom. The van der Waals surface area contributed by atoms with Crippen LogP contribution < -0.4 is 5.32 Å². The molecule has 0 spiro atoms. The van der Waals surface area contributed by atoms with Gasteiger partial charge in [0.1, 0.15) is 9.84 Å². The molecule has 0 amide bonds. The zero-order chi connectivity index (χ0) is 11.0. The van der Waals surface area contributed by atoms with Crippen LogP contribution in [0.15, 0.2) is 0 Å². The van der Waals surface area contributed by atoms with Gasteiger partial charge in [0, 0.05) is 19.4 Å². The highest BCUT2D eigenvalue weighted by Gasteiger charge is 2.02. The van der Waals surface area contributed by atoms with E-state index in [4.69, 9.17) is 4.74 Å². The van der Waals surface area contributed by atoms with Crippen LogP contribution in [0.5, 0.6) is 0 Å². The fourth-order valence-electron chi connectivity index (χ4n) is 1.11. The van der Waals surface area contributed by atoms with Crippen LogP contribution in [-0.2, 0) is 14.6 Å². The summed E-state index contributed by atoms with van der Waals surface area (Å²) in [5.41, 5.74) is 0. The van der Waals surface area contributed by atoms with Gasteiger partial charge in [0.15, 0.2) is 0 Å². The summed E-state index contributed by atoms with van der Waals surface area (Å²) in [5, 5.41) is 3.15. The van der Waals surface area contributed by atoms with E-state index in [1.807, 2.05) is 13.8 Å². The average Bonchev–Trinajstić information content (AvgIpc) is 2.02. The van der Waals surface area contributed by atoms with Crippen LogP contribution in [-0.4, -0.2) is 46.2 Å². The van der Waals surface area contributed by atoms with E-state index in [1.165, 1.54) is 6.26 Å². The summed E-state index contributed by atoms with van der Waals surface area (Å²) in [6.07, 6.45) is 2.12. The second-order valence-corrected chi connectivity index (χ2v) is 5.71. The van der Waals surface area contributed by atoms with Crippen molar-refractivity contribution in [1.29, 1.82) is 0 Å². The van der Waals surface area contributed by atoms with Crippen LogP contribution >= 0.6 is 0 Å². The van der Waals surface area contributed by atoms with Gasteiger partial charge in [-0.25, -0.2) is 8.42 Å². The summed E-state index contributed by atoms with van der Waals surface area (Å²) in [6, 6.07) is 0. The molecular weight excluding hydrogens is 202 g/mol. The molecule has 0 saturated heterocycles. The van der Waals surface area contributed by atoms with Crippen LogP contribution in [0.3, 0.4) is 0 Å². The van der Waals surface area contributed by atoms with E-state index in [-0.39, 0.29) is 11.9 Å². The second kappa shape index (κ2) is 7.20. The molecular formula is C9H21NO3S. The monoisotopic (exact) mass is 223 g/mol. The van der Waals surface area contributed by atoms with E-state index < -0.39 is 9.84 Å². The van der Waals surface area contributed by atoms with Gasteiger partial charge in [0.2, 0.25) is 0 Å². The molecule has 1 unspecified atom stereocenters. The molecule has 0 rings (SSSR count). The van der Waals surface area contributed by atoms with Crippen LogP contribution in [0.1, 0.15) is 20.3 Å². The van der Waals surface area contributed by atoms with Gasteiger partial charge in [-0.3, -0.25) is 0 Å². The molecule has 0 bridgehead atoms. The minimum atomic E-state index is -2.81. The number of rotatable bonds is 8. The number of ether oxygens (including phenoxy) is 1. The molecule has 4 nitrogen and oxygen atoms in total. The normalized spacial score (nSPS) is 14.2. The lowest BCUT2D eigenvalue weighted by atomic mass is 10.4. The maximum Gasteiger partial charge on any atom is 0.147 e. The number of hydrogen-bond acceptors (Lipinski definition) is 4. The predicted octanol–water partition coefficient (Wildman–Crippen LogP) is 0.436. The Morgan fingerprint density at radius 2 is 2.07 bits per heavy atom. The van der Waals surface area contributed by atoms with Crippen molar-refractivity contribution < 1.29 is 13.2 Å². The third-order valence-corrected chi connectivity index (χ3v) is 2.78. The summed E-state index contributed by atoms with van der Waals surface area (Å²) >= 11 is 0. The third kappa shape index (κ3) is 9.95. The summed E-state index contributed by atoms with van der Waals surface area (Å²) in [6.45, 7) is 6.17. The molecule has 0 radical (unpaired) electrons. The first-order chi connectivity index (χ1) is 6.45. The van der Waals surface area contributed by atoms with Crippen molar-refractivity contribution >= 4 is 9.84 Å². The van der Waals surface area contributed by atoms with Gasteiger partial charge in [-0.2, -0.15) is 0 Å². The minimum absolute atomic E-state index is 0.193. The Bertz CT molecular complexity index is 226. The van der Waals surface area contributed by atoms with Gasteiger partial charge in [0.25, 0.3) is 0 Å². The van der Waals surface area contributed by atoms with E-state index in [1.54, 1.807) is 0 Å². The van der Waals surface area contributed by atoms with Crippen LogP contribution in [0, 0.1) is 0 Å². The van der Waals surface area contributed by atoms with Gasteiger partial charge in [-0.15, -0.1) is 0 Å². The Labute approximate surface area is 86.9 Å². The molecule has 0 aromatic rings. The summed E-state index contributed by atoms with van der Waals surface area (Å²) in [4.78, 5) is 0. The standard InChI is InChI=1S/C9H21NO3S/c1-4-13-9(2)8-10-6-5-7-14(3,11)12/h9-10H,4-8H2,1-3H3. The Kier molecular flexibility index (Phi) is 7.13. The molecule has 0 aliphatic heterocycles. The van der Waals surface area contributed by atoms with E-state index in [9.17, 15) is 8.42 Å². The van der Waals surface area contributed by atoms with Gasteiger partial charge >= 0.3 is 0 Å². The molecule has 0 fully saturated rings. The van der Waals surface area contributed by atoms with E-state index in [2.05, 4.69) is 5.32 Å². The van der Waals surface area contributed by atoms with Crippen molar-refractivity contribution in [2.75, 3.05) is 31.7 Å². The lowest BCUT2D eigenvalue weighted by Crippen LogP contribution is -2.28. The zero-order valence-electron chi connectivity index (χ0n) is 9.25. The van der Waals surface area contributed by atoms with Crippen molar-refractivity contribution in [2.45, 2.75) is 26.4 Å². The largest absolute Gasteiger partial charge is 0.377 e. The maximum atomic E-state index is 10.8. The molecule has 14 heavy (non-hydrogen) atoms. The van der Waals surface area contributed by atoms with Crippen molar-refractivity contribution in [3.63, 3.8) is 0 Å². The van der Waals surface area contributed by atoms with Crippen LogP contribution in [0.2, 0.25) is 0 Å². The third-order valence-electron chi connectivity index (χ3n) is 1.75. The SMILES string of the molecule is CCOC(C)CNCCCS(C)(=O)=O. The number of hydrogen-bond donors (Lipinski definition) is 1. The van der Waals surface area contributed by atoms with Crippen molar-refractivity contribution in [3.05, 3.63) is 0 Å². The molecule has 0 aromatic carbocycles. The molecule has 1 N–H and O–H groups in total. The van der Waals surface area contributed by atoms with Gasteiger partial charge < -0.3 is 10.1 Å². The highest BCUT2D eigenvalue weighted by atomic mass is 32.2. The quantitative estimate of drug-likeness (QED) is 0.607. The Balaban J connectivity index is 3.30. The first kappa shape index (κ1) is 13.9. The van der Waals surface area contributed by atoms with E-state index >= 15 is 0 Å². The van der Waals surface area contributed by atoms with Crippen molar-refractivity contribution in [1.82, 2.24) is 5.32 Å². The van der Waals surface area contributed by atoms with Gasteiger partial charge in [-0.05, 0) is 26.8 Å². The minimum Gasteiger partial charge on any atom is -0.377 e. The summed E-state index contributed by atoms with van der Waals surface area (Å²) in [7, 11) is -2.81. The Morgan fingerprint density at radius 3 is 2.57 bits per heavy atom. The highest BCUT2D eigenvalue weighted by molar-refractivity contribution is 7.90. The summed E-state index contributed by atoms with van der Waals surface area (Å²) in [5.74, 6) is 0.253. The van der Waals surface area contributed by atoms with Crippen LogP contribution in [0.4, 0.5) is 0 Å². The molecule has 86 valence electrons. The number of sulfone groups is 1. The van der Waals surface area contributed by atoms with Gasteiger partial charge in [-0.1, -0.05) is 0 Å².